The summed E-state index contributed by atoms with van der Waals surface area (Å²) in [6, 6.07) is 5.49. The van der Waals surface area contributed by atoms with Crippen LogP contribution in [-0.2, 0) is 14.3 Å². The lowest BCUT2D eigenvalue weighted by Gasteiger charge is -2.30. The molecule has 0 aromatic heterocycles. The Hall–Kier alpha value is -1.82. The monoisotopic (exact) mass is 395 g/mol. The molecule has 1 saturated heterocycles. The number of amides is 1. The molecule has 1 fully saturated rings. The smallest absolute Gasteiger partial charge is 0.331 e. The van der Waals surface area contributed by atoms with Gasteiger partial charge in [0, 0.05) is 29.2 Å². The van der Waals surface area contributed by atoms with Crippen LogP contribution in [0, 0.1) is 5.92 Å². The highest BCUT2D eigenvalue weighted by Gasteiger charge is 2.20. The number of likely N-dealkylation sites (tertiary alicyclic amines) is 1. The first-order valence-corrected chi connectivity index (χ1v) is 8.75. The van der Waals surface area contributed by atoms with Crippen molar-refractivity contribution in [2.75, 3.05) is 26.8 Å². The zero-order valence-corrected chi connectivity index (χ0v) is 15.5. The number of methoxy groups -OCH3 is 1. The van der Waals surface area contributed by atoms with E-state index in [9.17, 15) is 9.59 Å². The zero-order chi connectivity index (χ0) is 17.5. The molecule has 1 amide bonds. The summed E-state index contributed by atoms with van der Waals surface area (Å²) < 4.78 is 11.2. The molecule has 2 rings (SSSR count). The van der Waals surface area contributed by atoms with E-state index in [2.05, 4.69) is 22.9 Å². The number of halogens is 1. The number of benzene rings is 1. The molecule has 0 aliphatic carbocycles. The molecule has 5 nitrogen and oxygen atoms in total. The van der Waals surface area contributed by atoms with Gasteiger partial charge in [-0.15, -0.1) is 0 Å². The van der Waals surface area contributed by atoms with E-state index in [1.165, 1.54) is 6.08 Å². The first-order valence-electron chi connectivity index (χ1n) is 7.95. The van der Waals surface area contributed by atoms with Crippen molar-refractivity contribution in [3.63, 3.8) is 0 Å². The second-order valence-electron chi connectivity index (χ2n) is 5.89. The van der Waals surface area contributed by atoms with Crippen LogP contribution in [0.15, 0.2) is 28.7 Å². The zero-order valence-electron chi connectivity index (χ0n) is 14.0. The summed E-state index contributed by atoms with van der Waals surface area (Å²) >= 11 is 3.37. The molecule has 130 valence electrons. The Morgan fingerprint density at radius 3 is 2.71 bits per heavy atom. The summed E-state index contributed by atoms with van der Waals surface area (Å²) in [5.74, 6) is 0.625. The second-order valence-corrected chi connectivity index (χ2v) is 6.81. The molecule has 6 heteroatoms. The van der Waals surface area contributed by atoms with Crippen LogP contribution in [0.1, 0.15) is 25.3 Å². The summed E-state index contributed by atoms with van der Waals surface area (Å²) in [7, 11) is 1.57. The maximum atomic E-state index is 12.0. The Bertz CT molecular complexity index is 621. The van der Waals surface area contributed by atoms with Crippen LogP contribution in [0.4, 0.5) is 0 Å². The molecule has 1 heterocycles. The van der Waals surface area contributed by atoms with Crippen molar-refractivity contribution in [2.24, 2.45) is 5.92 Å². The Morgan fingerprint density at radius 1 is 1.33 bits per heavy atom. The molecule has 1 aromatic carbocycles. The Balaban J connectivity index is 1.85. The van der Waals surface area contributed by atoms with Gasteiger partial charge in [-0.2, -0.15) is 0 Å². The lowest BCUT2D eigenvalue weighted by Crippen LogP contribution is -2.40. The van der Waals surface area contributed by atoms with E-state index in [0.717, 1.165) is 36.0 Å². The molecule has 0 unspecified atom stereocenters. The average Bonchev–Trinajstić information content (AvgIpc) is 2.58. The fourth-order valence-electron chi connectivity index (χ4n) is 2.52. The lowest BCUT2D eigenvalue weighted by atomic mass is 9.99. The van der Waals surface area contributed by atoms with E-state index < -0.39 is 5.97 Å². The normalized spacial score (nSPS) is 15.5. The number of rotatable bonds is 5. The third-order valence-corrected chi connectivity index (χ3v) is 4.56. The van der Waals surface area contributed by atoms with Gasteiger partial charge in [-0.05, 0) is 43.0 Å². The third kappa shape index (κ3) is 5.37. The van der Waals surface area contributed by atoms with Crippen molar-refractivity contribution in [3.8, 4) is 5.75 Å². The summed E-state index contributed by atoms with van der Waals surface area (Å²) in [6.45, 7) is 3.45. The first-order chi connectivity index (χ1) is 11.5. The van der Waals surface area contributed by atoms with E-state index in [0.29, 0.717) is 11.7 Å². The van der Waals surface area contributed by atoms with Crippen molar-refractivity contribution >= 4 is 33.9 Å². The van der Waals surface area contributed by atoms with E-state index in [-0.39, 0.29) is 12.5 Å². The highest BCUT2D eigenvalue weighted by atomic mass is 79.9. The van der Waals surface area contributed by atoms with Crippen LogP contribution in [0.2, 0.25) is 0 Å². The highest BCUT2D eigenvalue weighted by Crippen LogP contribution is 2.24. The van der Waals surface area contributed by atoms with E-state index in [1.54, 1.807) is 24.2 Å². The molecule has 24 heavy (non-hydrogen) atoms. The number of hydrogen-bond donors (Lipinski definition) is 0. The minimum absolute atomic E-state index is 0.135. The van der Waals surface area contributed by atoms with Crippen molar-refractivity contribution in [1.82, 2.24) is 4.90 Å². The van der Waals surface area contributed by atoms with Crippen molar-refractivity contribution in [3.05, 3.63) is 34.3 Å². The average molecular weight is 396 g/mol. The fourth-order valence-corrected chi connectivity index (χ4v) is 2.90. The number of ether oxygens (including phenoxy) is 2. The van der Waals surface area contributed by atoms with Crippen molar-refractivity contribution in [2.45, 2.75) is 19.8 Å². The molecule has 0 atom stereocenters. The van der Waals surface area contributed by atoms with Gasteiger partial charge in [-0.3, -0.25) is 4.79 Å². The molecule has 0 bridgehead atoms. The number of hydrogen-bond acceptors (Lipinski definition) is 4. The number of carbonyl (C=O) groups excluding carboxylic acids is 2. The molecule has 1 aromatic rings. The minimum atomic E-state index is -0.546. The molecule has 0 radical (unpaired) electrons. The summed E-state index contributed by atoms with van der Waals surface area (Å²) in [5.41, 5.74) is 0.750. The van der Waals surface area contributed by atoms with Gasteiger partial charge >= 0.3 is 5.97 Å². The van der Waals surface area contributed by atoms with Gasteiger partial charge in [-0.25, -0.2) is 4.79 Å². The quantitative estimate of drug-likeness (QED) is 0.566. The molecule has 0 N–H and O–H groups in total. The van der Waals surface area contributed by atoms with Crippen LogP contribution in [0.25, 0.3) is 6.08 Å². The van der Waals surface area contributed by atoms with Crippen LogP contribution < -0.4 is 4.74 Å². The van der Waals surface area contributed by atoms with E-state index in [1.807, 2.05) is 12.1 Å². The van der Waals surface area contributed by atoms with Crippen LogP contribution in [0.3, 0.4) is 0 Å². The summed E-state index contributed by atoms with van der Waals surface area (Å²) in [4.78, 5) is 25.6. The fraction of sp³-hybridized carbons (Fsp3) is 0.444. The number of carbonyl (C=O) groups is 2. The third-order valence-electron chi connectivity index (χ3n) is 4.06. The van der Waals surface area contributed by atoms with Gasteiger partial charge in [0.2, 0.25) is 0 Å². The van der Waals surface area contributed by atoms with E-state index >= 15 is 0 Å². The second kappa shape index (κ2) is 8.87. The molecule has 0 spiro atoms. The van der Waals surface area contributed by atoms with Crippen LogP contribution >= 0.6 is 15.9 Å². The molecular formula is C18H22BrNO4. The standard InChI is InChI=1S/C18H22BrNO4/c1-13-7-9-20(10-8-13)17(21)12-24-18(22)6-3-14-11-15(19)4-5-16(14)23-2/h3-6,11,13H,7-10,12H2,1-2H3/b6-3+. The molecule has 1 aliphatic heterocycles. The molecule has 0 saturated carbocycles. The Morgan fingerprint density at radius 2 is 2.04 bits per heavy atom. The van der Waals surface area contributed by atoms with Gasteiger partial charge in [0.25, 0.3) is 5.91 Å². The topological polar surface area (TPSA) is 55.8 Å². The van der Waals surface area contributed by atoms with E-state index in [4.69, 9.17) is 9.47 Å². The van der Waals surface area contributed by atoms with Gasteiger partial charge in [0.05, 0.1) is 7.11 Å². The van der Waals surface area contributed by atoms with Crippen LogP contribution in [0.5, 0.6) is 5.75 Å². The maximum absolute atomic E-state index is 12.0. The SMILES string of the molecule is COc1ccc(Br)cc1/C=C/C(=O)OCC(=O)N1CCC(C)CC1. The van der Waals surface area contributed by atoms with Gasteiger partial charge in [0.15, 0.2) is 6.61 Å². The highest BCUT2D eigenvalue weighted by molar-refractivity contribution is 9.10. The predicted molar refractivity (Wildman–Crippen MR) is 95.7 cm³/mol. The van der Waals surface area contributed by atoms with Gasteiger partial charge in [0.1, 0.15) is 5.75 Å². The van der Waals surface area contributed by atoms with Gasteiger partial charge < -0.3 is 14.4 Å². The maximum Gasteiger partial charge on any atom is 0.331 e. The summed E-state index contributed by atoms with van der Waals surface area (Å²) in [6.07, 6.45) is 4.92. The van der Waals surface area contributed by atoms with Gasteiger partial charge in [-0.1, -0.05) is 22.9 Å². The minimum Gasteiger partial charge on any atom is -0.496 e. The first kappa shape index (κ1) is 18.5. The summed E-state index contributed by atoms with van der Waals surface area (Å²) in [5, 5.41) is 0. The Kier molecular flexibility index (Phi) is 6.85. The van der Waals surface area contributed by atoms with Crippen molar-refractivity contribution in [1.29, 1.82) is 0 Å². The number of piperidine rings is 1. The number of nitrogens with zero attached hydrogens (tertiary/aromatic N) is 1. The molecule has 1 aliphatic rings. The lowest BCUT2D eigenvalue weighted by molar-refractivity contribution is -0.148. The molecular weight excluding hydrogens is 374 g/mol. The number of esters is 1. The largest absolute Gasteiger partial charge is 0.496 e. The van der Waals surface area contributed by atoms with Crippen molar-refractivity contribution < 1.29 is 19.1 Å². The predicted octanol–water partition coefficient (Wildman–Crippen LogP) is 3.27. The Labute approximate surface area is 150 Å². The van der Waals surface area contributed by atoms with Crippen LogP contribution in [-0.4, -0.2) is 43.6 Å².